The Labute approximate surface area is 146 Å². The molecule has 0 aromatic carbocycles. The van der Waals surface area contributed by atoms with E-state index in [1.165, 1.54) is 6.42 Å². The van der Waals surface area contributed by atoms with Crippen molar-refractivity contribution < 1.29 is 33.0 Å². The van der Waals surface area contributed by atoms with Crippen LogP contribution in [-0.4, -0.2) is 42.8 Å². The third kappa shape index (κ3) is 3.96. The van der Waals surface area contributed by atoms with Gasteiger partial charge in [0.2, 0.25) is 0 Å². The number of hydrogen-bond donors (Lipinski definition) is 1. The van der Waals surface area contributed by atoms with Gasteiger partial charge in [-0.1, -0.05) is 0 Å². The van der Waals surface area contributed by atoms with Crippen LogP contribution >= 0.6 is 0 Å². The van der Waals surface area contributed by atoms with Crippen LogP contribution in [0.1, 0.15) is 51.9 Å². The first-order valence-corrected chi connectivity index (χ1v) is 8.97. The van der Waals surface area contributed by atoms with Gasteiger partial charge in [-0.25, -0.2) is 4.79 Å². The second-order valence-electron chi connectivity index (χ2n) is 8.55. The summed E-state index contributed by atoms with van der Waals surface area (Å²) in [4.78, 5) is 22.8. The number of aliphatic hydroxyl groups excluding tert-OH is 1. The number of hydrogen-bond acceptors (Lipinski definition) is 5. The lowest BCUT2D eigenvalue weighted by atomic mass is 9.44. The van der Waals surface area contributed by atoms with Gasteiger partial charge in [0.15, 0.2) is 0 Å². The summed E-state index contributed by atoms with van der Waals surface area (Å²) >= 11 is 0. The molecule has 0 aromatic heterocycles. The number of carbonyl (C=O) groups is 2. The summed E-state index contributed by atoms with van der Waals surface area (Å²) in [5.74, 6) is -4.53. The number of carbonyl (C=O) groups excluding carboxylic acids is 2. The van der Waals surface area contributed by atoms with Gasteiger partial charge in [-0.2, -0.15) is 8.78 Å². The van der Waals surface area contributed by atoms with Gasteiger partial charge in [-0.15, -0.1) is 0 Å². The summed E-state index contributed by atoms with van der Waals surface area (Å²) in [5, 5.41) is 9.84. The number of ether oxygens (including phenoxy) is 2. The molecule has 4 aliphatic rings. The van der Waals surface area contributed by atoms with Gasteiger partial charge in [0.1, 0.15) is 6.61 Å². The summed E-state index contributed by atoms with van der Waals surface area (Å²) in [6, 6.07) is 0. The highest BCUT2D eigenvalue weighted by molar-refractivity contribution is 5.77. The molecule has 4 rings (SSSR count). The van der Waals surface area contributed by atoms with Crippen LogP contribution in [-0.2, 0) is 19.1 Å². The zero-order chi connectivity index (χ0) is 18.3. The van der Waals surface area contributed by atoms with Crippen LogP contribution in [0.25, 0.3) is 0 Å². The second-order valence-corrected chi connectivity index (χ2v) is 8.55. The van der Waals surface area contributed by atoms with Crippen LogP contribution in [0.15, 0.2) is 0 Å². The molecule has 1 N–H and O–H groups in total. The molecule has 2 atom stereocenters. The minimum atomic E-state index is -3.55. The Morgan fingerprint density at radius 2 is 1.72 bits per heavy atom. The fraction of sp³-hybridized carbons (Fsp3) is 0.889. The fourth-order valence-corrected chi connectivity index (χ4v) is 5.66. The molecular formula is C18H26F2O5. The van der Waals surface area contributed by atoms with Gasteiger partial charge in [0.25, 0.3) is 0 Å². The van der Waals surface area contributed by atoms with Crippen LogP contribution < -0.4 is 0 Å². The predicted molar refractivity (Wildman–Crippen MR) is 83.8 cm³/mol. The van der Waals surface area contributed by atoms with E-state index in [1.807, 2.05) is 0 Å². The maximum atomic E-state index is 12.7. The van der Waals surface area contributed by atoms with Crippen molar-refractivity contribution in [2.75, 3.05) is 19.8 Å². The Hall–Kier alpha value is -1.24. The van der Waals surface area contributed by atoms with Gasteiger partial charge in [-0.3, -0.25) is 4.79 Å². The number of halogens is 2. The van der Waals surface area contributed by atoms with Crippen LogP contribution in [0.5, 0.6) is 0 Å². The van der Waals surface area contributed by atoms with Crippen molar-refractivity contribution >= 4 is 11.9 Å². The summed E-state index contributed by atoms with van der Waals surface area (Å²) < 4.78 is 35.1. The molecule has 142 valence electrons. The quantitative estimate of drug-likeness (QED) is 0.707. The van der Waals surface area contributed by atoms with Gasteiger partial charge in [-0.05, 0) is 55.8 Å². The van der Waals surface area contributed by atoms with Crippen molar-refractivity contribution in [1.82, 2.24) is 0 Å². The van der Waals surface area contributed by atoms with Gasteiger partial charge < -0.3 is 14.6 Å². The van der Waals surface area contributed by atoms with Gasteiger partial charge in [0, 0.05) is 18.9 Å². The number of alkyl halides is 2. The largest absolute Gasteiger partial charge is 0.465 e. The Morgan fingerprint density at radius 3 is 2.28 bits per heavy atom. The van der Waals surface area contributed by atoms with E-state index in [2.05, 4.69) is 4.74 Å². The lowest BCUT2D eigenvalue weighted by Gasteiger charge is -2.61. The van der Waals surface area contributed by atoms with Crippen molar-refractivity contribution in [3.63, 3.8) is 0 Å². The standard InChI is InChI=1S/C18H26F2O5/c1-16(19,20)15(23)24-3-2-14(22)25-11-18-7-12-4-13(8-18)6-17(5-12,9-18)10-21/h12-13,21H,2-11H2,1H3. The molecule has 25 heavy (non-hydrogen) atoms. The minimum absolute atomic E-state index is 0.0151. The van der Waals surface area contributed by atoms with Crippen LogP contribution in [0.3, 0.4) is 0 Å². The van der Waals surface area contributed by atoms with Crippen molar-refractivity contribution in [1.29, 1.82) is 0 Å². The van der Waals surface area contributed by atoms with Gasteiger partial charge >= 0.3 is 17.9 Å². The topological polar surface area (TPSA) is 72.8 Å². The molecule has 0 saturated heterocycles. The molecule has 7 heteroatoms. The summed E-state index contributed by atoms with van der Waals surface area (Å²) in [7, 11) is 0. The van der Waals surface area contributed by atoms with E-state index in [0.717, 1.165) is 32.1 Å². The van der Waals surface area contributed by atoms with Crippen molar-refractivity contribution in [3.8, 4) is 0 Å². The molecule has 0 spiro atoms. The zero-order valence-corrected chi connectivity index (χ0v) is 14.6. The monoisotopic (exact) mass is 360 g/mol. The first kappa shape index (κ1) is 18.5. The van der Waals surface area contributed by atoms with Crippen molar-refractivity contribution in [2.45, 2.75) is 57.8 Å². The molecule has 0 radical (unpaired) electrons. The van der Waals surface area contributed by atoms with E-state index >= 15 is 0 Å². The molecule has 4 aliphatic carbocycles. The molecular weight excluding hydrogens is 334 g/mol. The first-order chi connectivity index (χ1) is 11.7. The van der Waals surface area contributed by atoms with E-state index in [0.29, 0.717) is 25.4 Å². The summed E-state index contributed by atoms with van der Waals surface area (Å²) in [5.41, 5.74) is -0.0751. The smallest absolute Gasteiger partial charge is 0.376 e. The molecule has 2 unspecified atom stereocenters. The summed E-state index contributed by atoms with van der Waals surface area (Å²) in [6.07, 6.45) is 6.04. The van der Waals surface area contributed by atoms with Crippen LogP contribution in [0, 0.1) is 22.7 Å². The highest BCUT2D eigenvalue weighted by atomic mass is 19.3. The Bertz CT molecular complexity index is 528. The van der Waals surface area contributed by atoms with E-state index in [4.69, 9.17) is 4.74 Å². The van der Waals surface area contributed by atoms with Crippen molar-refractivity contribution in [2.24, 2.45) is 22.7 Å². The minimum Gasteiger partial charge on any atom is -0.465 e. The maximum absolute atomic E-state index is 12.7. The molecule has 0 aliphatic heterocycles. The van der Waals surface area contributed by atoms with E-state index < -0.39 is 24.5 Å². The lowest BCUT2D eigenvalue weighted by molar-refractivity contribution is -0.174. The third-order valence-electron chi connectivity index (χ3n) is 6.08. The normalized spacial score (nSPS) is 36.3. The van der Waals surface area contributed by atoms with Crippen LogP contribution in [0.2, 0.25) is 0 Å². The molecule has 5 nitrogen and oxygen atoms in total. The van der Waals surface area contributed by atoms with Crippen LogP contribution in [0.4, 0.5) is 8.78 Å². The third-order valence-corrected chi connectivity index (χ3v) is 6.08. The van der Waals surface area contributed by atoms with E-state index in [1.54, 1.807) is 0 Å². The molecule has 4 bridgehead atoms. The molecule has 4 fully saturated rings. The zero-order valence-electron chi connectivity index (χ0n) is 14.6. The average Bonchev–Trinajstić information content (AvgIpc) is 2.51. The number of esters is 2. The number of aliphatic hydroxyl groups is 1. The number of rotatable bonds is 7. The highest BCUT2D eigenvalue weighted by Crippen LogP contribution is 2.65. The molecule has 4 saturated carbocycles. The van der Waals surface area contributed by atoms with E-state index in [9.17, 15) is 23.5 Å². The second kappa shape index (κ2) is 6.49. The Balaban J connectivity index is 1.47. The molecule has 0 heterocycles. The average molecular weight is 360 g/mol. The lowest BCUT2D eigenvalue weighted by Crippen LogP contribution is -2.55. The first-order valence-electron chi connectivity index (χ1n) is 8.97. The maximum Gasteiger partial charge on any atom is 0.376 e. The van der Waals surface area contributed by atoms with Crippen molar-refractivity contribution in [3.05, 3.63) is 0 Å². The Morgan fingerprint density at radius 1 is 1.12 bits per heavy atom. The SMILES string of the molecule is CC(F)(F)C(=O)OCCC(=O)OCC12CC3CC(CC(CO)(C3)C1)C2. The van der Waals surface area contributed by atoms with E-state index in [-0.39, 0.29) is 23.9 Å². The molecule has 0 aromatic rings. The summed E-state index contributed by atoms with van der Waals surface area (Å²) in [6.45, 7) is 0.549. The predicted octanol–water partition coefficient (Wildman–Crippen LogP) is 2.70. The molecule has 0 amide bonds. The Kier molecular flexibility index (Phi) is 4.81. The fourth-order valence-electron chi connectivity index (χ4n) is 5.66. The highest BCUT2D eigenvalue weighted by Gasteiger charge is 2.57. The van der Waals surface area contributed by atoms with Gasteiger partial charge in [0.05, 0.1) is 13.0 Å².